The second-order valence-corrected chi connectivity index (χ2v) is 5.75. The minimum absolute atomic E-state index is 0. The second-order valence-electron chi connectivity index (χ2n) is 5.75. The summed E-state index contributed by atoms with van der Waals surface area (Å²) in [6.07, 6.45) is 6.76. The van der Waals surface area contributed by atoms with E-state index in [-0.39, 0.29) is 12.4 Å². The van der Waals surface area contributed by atoms with E-state index in [0.29, 0.717) is 6.61 Å². The van der Waals surface area contributed by atoms with Crippen molar-refractivity contribution >= 4 is 12.4 Å². The average Bonchev–Trinajstić information content (AvgIpc) is 3.15. The summed E-state index contributed by atoms with van der Waals surface area (Å²) in [5.74, 6) is 0.905. The first kappa shape index (κ1) is 19.0. The highest BCUT2D eigenvalue weighted by Crippen LogP contribution is 2.14. The summed E-state index contributed by atoms with van der Waals surface area (Å²) in [7, 11) is 0. The Morgan fingerprint density at radius 1 is 0.960 bits per heavy atom. The minimum Gasteiger partial charge on any atom is -0.489 e. The molecule has 25 heavy (non-hydrogen) atoms. The van der Waals surface area contributed by atoms with Gasteiger partial charge in [0.1, 0.15) is 12.4 Å². The third-order valence-corrected chi connectivity index (χ3v) is 3.83. The Kier molecular flexibility index (Phi) is 8.02. The van der Waals surface area contributed by atoms with E-state index in [1.54, 1.807) is 0 Å². The third-order valence-electron chi connectivity index (χ3n) is 3.83. The Bertz CT molecular complexity index is 700. The highest BCUT2D eigenvalue weighted by Gasteiger charge is 1.97. The molecule has 0 bridgehead atoms. The number of benzene rings is 2. The van der Waals surface area contributed by atoms with Gasteiger partial charge >= 0.3 is 0 Å². The van der Waals surface area contributed by atoms with Crippen molar-refractivity contribution in [1.29, 1.82) is 0 Å². The molecule has 0 saturated carbocycles. The van der Waals surface area contributed by atoms with Gasteiger partial charge in [-0.2, -0.15) is 0 Å². The number of aryl methyl sites for hydroxylation is 1. The molecule has 0 saturated heterocycles. The molecule has 0 spiro atoms. The van der Waals surface area contributed by atoms with Crippen molar-refractivity contribution in [2.24, 2.45) is 0 Å². The Balaban J connectivity index is 0.00000225. The summed E-state index contributed by atoms with van der Waals surface area (Å²) in [4.78, 5) is 4.04. The zero-order valence-electron chi connectivity index (χ0n) is 14.2. The van der Waals surface area contributed by atoms with Crippen LogP contribution in [0.1, 0.15) is 17.5 Å². The molecule has 0 aliphatic carbocycles. The zero-order chi connectivity index (χ0) is 16.5. The van der Waals surface area contributed by atoms with E-state index in [2.05, 4.69) is 39.1 Å². The SMILES string of the molecule is Cl.c1ccc(COc2ccc(CNCCCn3ccnc3)cc2)cc1. The molecule has 0 fully saturated rings. The Morgan fingerprint density at radius 2 is 1.76 bits per heavy atom. The summed E-state index contributed by atoms with van der Waals surface area (Å²) >= 11 is 0. The molecule has 1 N–H and O–H groups in total. The smallest absolute Gasteiger partial charge is 0.119 e. The van der Waals surface area contributed by atoms with Crippen LogP contribution in [-0.4, -0.2) is 16.1 Å². The topological polar surface area (TPSA) is 39.1 Å². The highest BCUT2D eigenvalue weighted by molar-refractivity contribution is 5.85. The van der Waals surface area contributed by atoms with Crippen LogP contribution in [0.4, 0.5) is 0 Å². The number of rotatable bonds is 9. The van der Waals surface area contributed by atoms with Crippen LogP contribution in [-0.2, 0) is 19.7 Å². The lowest BCUT2D eigenvalue weighted by Gasteiger charge is -2.08. The summed E-state index contributed by atoms with van der Waals surface area (Å²) < 4.78 is 7.90. The van der Waals surface area contributed by atoms with Gasteiger partial charge in [0.25, 0.3) is 0 Å². The average molecular weight is 358 g/mol. The number of aromatic nitrogens is 2. The van der Waals surface area contributed by atoms with Crippen molar-refractivity contribution in [3.8, 4) is 5.75 Å². The fraction of sp³-hybridized carbons (Fsp3) is 0.250. The quantitative estimate of drug-likeness (QED) is 0.587. The summed E-state index contributed by atoms with van der Waals surface area (Å²) in [5.41, 5.74) is 2.45. The first-order chi connectivity index (χ1) is 11.9. The first-order valence-electron chi connectivity index (χ1n) is 8.32. The maximum Gasteiger partial charge on any atom is 0.119 e. The van der Waals surface area contributed by atoms with E-state index >= 15 is 0 Å². The van der Waals surface area contributed by atoms with Crippen molar-refractivity contribution in [3.05, 3.63) is 84.4 Å². The van der Waals surface area contributed by atoms with Gasteiger partial charge in [0, 0.05) is 25.5 Å². The van der Waals surface area contributed by atoms with Crippen LogP contribution in [0.3, 0.4) is 0 Å². The van der Waals surface area contributed by atoms with Crippen molar-refractivity contribution in [2.45, 2.75) is 26.1 Å². The molecule has 0 radical (unpaired) electrons. The number of nitrogens with one attached hydrogen (secondary N) is 1. The number of hydrogen-bond donors (Lipinski definition) is 1. The number of imidazole rings is 1. The van der Waals surface area contributed by atoms with Crippen LogP contribution >= 0.6 is 12.4 Å². The zero-order valence-corrected chi connectivity index (χ0v) is 15.0. The second kappa shape index (κ2) is 10.5. The molecule has 4 nitrogen and oxygen atoms in total. The van der Waals surface area contributed by atoms with E-state index in [4.69, 9.17) is 4.74 Å². The highest BCUT2D eigenvalue weighted by atomic mass is 35.5. The Morgan fingerprint density at radius 3 is 2.48 bits per heavy atom. The molecule has 0 amide bonds. The fourth-order valence-corrected chi connectivity index (χ4v) is 2.48. The lowest BCUT2D eigenvalue weighted by atomic mass is 10.2. The van der Waals surface area contributed by atoms with Crippen molar-refractivity contribution in [1.82, 2.24) is 14.9 Å². The van der Waals surface area contributed by atoms with Crippen molar-refractivity contribution in [3.63, 3.8) is 0 Å². The molecule has 5 heteroatoms. The van der Waals surface area contributed by atoms with Crippen molar-refractivity contribution in [2.75, 3.05) is 6.54 Å². The molecule has 0 atom stereocenters. The lowest BCUT2D eigenvalue weighted by Crippen LogP contribution is -2.16. The molecule has 132 valence electrons. The predicted molar refractivity (Wildman–Crippen MR) is 103 cm³/mol. The summed E-state index contributed by atoms with van der Waals surface area (Å²) in [6.45, 7) is 3.47. The van der Waals surface area contributed by atoms with Gasteiger partial charge in [0.15, 0.2) is 0 Å². The molecule has 1 heterocycles. The minimum atomic E-state index is 0. The molecule has 0 aliphatic rings. The van der Waals surface area contributed by atoms with Gasteiger partial charge < -0.3 is 14.6 Å². The first-order valence-corrected chi connectivity index (χ1v) is 8.32. The van der Waals surface area contributed by atoms with Gasteiger partial charge in [-0.1, -0.05) is 42.5 Å². The maximum atomic E-state index is 5.80. The van der Waals surface area contributed by atoms with E-state index < -0.39 is 0 Å². The van der Waals surface area contributed by atoms with Gasteiger partial charge in [-0.25, -0.2) is 4.98 Å². The monoisotopic (exact) mass is 357 g/mol. The van der Waals surface area contributed by atoms with E-state index in [1.807, 2.05) is 49.1 Å². The van der Waals surface area contributed by atoms with E-state index in [9.17, 15) is 0 Å². The molecular weight excluding hydrogens is 334 g/mol. The summed E-state index contributed by atoms with van der Waals surface area (Å²) in [5, 5.41) is 3.47. The van der Waals surface area contributed by atoms with Crippen LogP contribution in [0, 0.1) is 0 Å². The van der Waals surface area contributed by atoms with Crippen LogP contribution in [0.15, 0.2) is 73.3 Å². The molecule has 1 aromatic heterocycles. The Hall–Kier alpha value is -2.30. The normalized spacial score (nSPS) is 10.2. The van der Waals surface area contributed by atoms with Gasteiger partial charge in [-0.05, 0) is 36.2 Å². The number of hydrogen-bond acceptors (Lipinski definition) is 3. The van der Waals surface area contributed by atoms with Gasteiger partial charge in [-0.3, -0.25) is 0 Å². The number of ether oxygens (including phenoxy) is 1. The number of halogens is 1. The summed E-state index contributed by atoms with van der Waals surface area (Å²) in [6, 6.07) is 18.5. The van der Waals surface area contributed by atoms with Crippen molar-refractivity contribution < 1.29 is 4.74 Å². The largest absolute Gasteiger partial charge is 0.489 e. The molecule has 0 unspecified atom stereocenters. The fourth-order valence-electron chi connectivity index (χ4n) is 2.48. The van der Waals surface area contributed by atoms with Crippen LogP contribution < -0.4 is 10.1 Å². The maximum absolute atomic E-state index is 5.80. The van der Waals surface area contributed by atoms with E-state index in [1.165, 1.54) is 11.1 Å². The van der Waals surface area contributed by atoms with Crippen LogP contribution in [0.5, 0.6) is 5.75 Å². The third kappa shape index (κ3) is 6.61. The van der Waals surface area contributed by atoms with Crippen LogP contribution in [0.2, 0.25) is 0 Å². The lowest BCUT2D eigenvalue weighted by molar-refractivity contribution is 0.306. The van der Waals surface area contributed by atoms with Gasteiger partial charge in [-0.15, -0.1) is 12.4 Å². The van der Waals surface area contributed by atoms with Gasteiger partial charge in [0.05, 0.1) is 6.33 Å². The molecule has 2 aromatic carbocycles. The predicted octanol–water partition coefficient (Wildman–Crippen LogP) is 4.06. The molecule has 0 aliphatic heterocycles. The van der Waals surface area contributed by atoms with Crippen LogP contribution in [0.25, 0.3) is 0 Å². The van der Waals surface area contributed by atoms with E-state index in [0.717, 1.165) is 31.8 Å². The Labute approximate surface area is 155 Å². The molecule has 3 rings (SSSR count). The molecular formula is C20H24ClN3O. The van der Waals surface area contributed by atoms with Gasteiger partial charge in [0.2, 0.25) is 0 Å². The number of nitrogens with zero attached hydrogens (tertiary/aromatic N) is 2. The molecule has 3 aromatic rings. The standard InChI is InChI=1S/C20H23N3O.ClH/c1-2-5-19(6-3-1)16-24-20-9-7-18(8-10-20)15-21-11-4-13-23-14-12-22-17-23;/h1-3,5-10,12,14,17,21H,4,11,13,15-16H2;1H.